The Hall–Kier alpha value is 0.150. The van der Waals surface area contributed by atoms with Gasteiger partial charge in [-0.05, 0) is 12.8 Å². The van der Waals surface area contributed by atoms with Crippen molar-refractivity contribution in [1.82, 2.24) is 4.31 Å². The molecule has 96 valence electrons. The molecule has 0 aromatic carbocycles. The first-order valence-electron chi connectivity index (χ1n) is 5.21. The van der Waals surface area contributed by atoms with Crippen LogP contribution in [0.3, 0.4) is 0 Å². The van der Waals surface area contributed by atoms with Crippen molar-refractivity contribution in [3.05, 3.63) is 0 Å². The van der Waals surface area contributed by atoms with Crippen molar-refractivity contribution in [3.63, 3.8) is 0 Å². The smallest absolute Gasteiger partial charge is 0.212 e. The van der Waals surface area contributed by atoms with Crippen LogP contribution in [0, 0.1) is 0 Å². The highest BCUT2D eigenvalue weighted by Gasteiger charge is 2.24. The van der Waals surface area contributed by atoms with Gasteiger partial charge in [0.25, 0.3) is 0 Å². The molecule has 0 unspecified atom stereocenters. The van der Waals surface area contributed by atoms with E-state index in [9.17, 15) is 16.8 Å². The van der Waals surface area contributed by atoms with Crippen molar-refractivity contribution in [3.8, 4) is 0 Å². The fourth-order valence-electron chi connectivity index (χ4n) is 1.65. The van der Waals surface area contributed by atoms with E-state index in [0.717, 1.165) is 25.7 Å². The van der Waals surface area contributed by atoms with Crippen LogP contribution >= 0.6 is 10.7 Å². The van der Waals surface area contributed by atoms with Gasteiger partial charge in [0.2, 0.25) is 19.1 Å². The van der Waals surface area contributed by atoms with Gasteiger partial charge >= 0.3 is 0 Å². The summed E-state index contributed by atoms with van der Waals surface area (Å²) in [5, 5.41) is 0. The van der Waals surface area contributed by atoms with E-state index in [1.807, 2.05) is 0 Å². The average Bonchev–Trinajstić information content (AvgIpc) is 2.42. The number of hydrogen-bond acceptors (Lipinski definition) is 4. The Labute approximate surface area is 101 Å². The highest BCUT2D eigenvalue weighted by molar-refractivity contribution is 8.14. The van der Waals surface area contributed by atoms with Crippen LogP contribution in [0.25, 0.3) is 0 Å². The van der Waals surface area contributed by atoms with Crippen molar-refractivity contribution in [2.45, 2.75) is 25.7 Å². The zero-order valence-electron chi connectivity index (χ0n) is 8.93. The number of nitrogens with zero attached hydrogens (tertiary/aromatic N) is 1. The molecular weight excluding hydrogens is 274 g/mol. The van der Waals surface area contributed by atoms with E-state index in [2.05, 4.69) is 0 Å². The number of rotatable bonds is 4. The Kier molecular flexibility index (Phi) is 5.03. The minimum atomic E-state index is -3.74. The molecule has 1 fully saturated rings. The summed E-state index contributed by atoms with van der Waals surface area (Å²) in [5.41, 5.74) is 0. The fourth-order valence-corrected chi connectivity index (χ4v) is 4.93. The fraction of sp³-hybridized carbons (Fsp3) is 1.00. The molecule has 1 rings (SSSR count). The first-order valence-corrected chi connectivity index (χ1v) is 9.30. The molecule has 0 radical (unpaired) electrons. The van der Waals surface area contributed by atoms with Gasteiger partial charge in [0.05, 0.1) is 11.5 Å². The van der Waals surface area contributed by atoms with E-state index in [1.165, 1.54) is 4.31 Å². The molecule has 0 spiro atoms. The summed E-state index contributed by atoms with van der Waals surface area (Å²) in [4.78, 5) is 0. The van der Waals surface area contributed by atoms with E-state index in [-0.39, 0.29) is 0 Å². The monoisotopic (exact) mass is 289 g/mol. The molecule has 0 aliphatic carbocycles. The SMILES string of the molecule is O=S(=O)(Cl)CCS(=O)(=O)N1CCCCCC1. The summed E-state index contributed by atoms with van der Waals surface area (Å²) in [6, 6.07) is 0. The molecular formula is C8H16ClNO4S2. The van der Waals surface area contributed by atoms with Crippen LogP contribution in [0.1, 0.15) is 25.7 Å². The van der Waals surface area contributed by atoms with Crippen LogP contribution in [0.15, 0.2) is 0 Å². The summed E-state index contributed by atoms with van der Waals surface area (Å²) in [5.74, 6) is -0.938. The summed E-state index contributed by atoms with van der Waals surface area (Å²) in [7, 11) is -2.21. The van der Waals surface area contributed by atoms with Gasteiger partial charge in [0.1, 0.15) is 0 Å². The second-order valence-corrected chi connectivity index (χ2v) is 8.86. The molecule has 0 aromatic heterocycles. The third-order valence-electron chi connectivity index (χ3n) is 2.54. The van der Waals surface area contributed by atoms with Crippen LogP contribution in [0.5, 0.6) is 0 Å². The van der Waals surface area contributed by atoms with Gasteiger partial charge in [-0.15, -0.1) is 0 Å². The van der Waals surface area contributed by atoms with Crippen molar-refractivity contribution in [2.24, 2.45) is 0 Å². The standard InChI is InChI=1S/C8H16ClNO4S2/c9-15(11,12)7-8-16(13,14)10-5-3-1-2-4-6-10/h1-8H2. The number of hydrogen-bond donors (Lipinski definition) is 0. The van der Waals surface area contributed by atoms with Crippen molar-refractivity contribution in [2.75, 3.05) is 24.6 Å². The second-order valence-electron chi connectivity index (χ2n) is 3.87. The van der Waals surface area contributed by atoms with Gasteiger partial charge in [-0.25, -0.2) is 21.1 Å². The average molecular weight is 290 g/mol. The lowest BCUT2D eigenvalue weighted by molar-refractivity contribution is 0.424. The molecule has 8 heteroatoms. The van der Waals surface area contributed by atoms with Crippen molar-refractivity contribution in [1.29, 1.82) is 0 Å². The van der Waals surface area contributed by atoms with Crippen LogP contribution < -0.4 is 0 Å². The third-order valence-corrected chi connectivity index (χ3v) is 5.83. The first kappa shape index (κ1) is 14.2. The summed E-state index contributed by atoms with van der Waals surface area (Å²) >= 11 is 0. The van der Waals surface area contributed by atoms with Crippen molar-refractivity contribution >= 4 is 29.8 Å². The first-order chi connectivity index (χ1) is 7.31. The van der Waals surface area contributed by atoms with E-state index < -0.39 is 30.6 Å². The minimum Gasteiger partial charge on any atom is -0.212 e. The maximum absolute atomic E-state index is 11.8. The van der Waals surface area contributed by atoms with Crippen LogP contribution in [-0.2, 0) is 19.1 Å². The maximum Gasteiger partial charge on any atom is 0.233 e. The van der Waals surface area contributed by atoms with Gasteiger partial charge < -0.3 is 0 Å². The number of sulfonamides is 1. The maximum atomic E-state index is 11.8. The zero-order chi connectivity index (χ0) is 12.2. The van der Waals surface area contributed by atoms with Gasteiger partial charge in [-0.2, -0.15) is 0 Å². The molecule has 1 heterocycles. The Morgan fingerprint density at radius 3 is 1.81 bits per heavy atom. The molecule has 5 nitrogen and oxygen atoms in total. The predicted octanol–water partition coefficient (Wildman–Crippen LogP) is 0.761. The Morgan fingerprint density at radius 1 is 0.875 bits per heavy atom. The Morgan fingerprint density at radius 2 is 1.38 bits per heavy atom. The van der Waals surface area contributed by atoms with Crippen LogP contribution in [0.4, 0.5) is 0 Å². The van der Waals surface area contributed by atoms with E-state index in [4.69, 9.17) is 10.7 Å². The molecule has 0 aromatic rings. The molecule has 0 N–H and O–H groups in total. The molecule has 0 atom stereocenters. The van der Waals surface area contributed by atoms with E-state index in [1.54, 1.807) is 0 Å². The molecule has 1 aliphatic rings. The second kappa shape index (κ2) is 5.66. The summed E-state index contributed by atoms with van der Waals surface area (Å²) < 4.78 is 46.4. The molecule has 0 bridgehead atoms. The number of halogens is 1. The topological polar surface area (TPSA) is 71.5 Å². The third kappa shape index (κ3) is 4.99. The minimum absolute atomic E-state index is 0.418. The zero-order valence-corrected chi connectivity index (χ0v) is 11.3. The Bertz CT molecular complexity index is 409. The van der Waals surface area contributed by atoms with Crippen LogP contribution in [-0.4, -0.2) is 45.7 Å². The highest BCUT2D eigenvalue weighted by Crippen LogP contribution is 2.14. The van der Waals surface area contributed by atoms with E-state index >= 15 is 0 Å². The van der Waals surface area contributed by atoms with Gasteiger partial charge in [0.15, 0.2) is 0 Å². The lowest BCUT2D eigenvalue weighted by Gasteiger charge is -2.19. The molecule has 1 saturated heterocycles. The lowest BCUT2D eigenvalue weighted by Crippen LogP contribution is -2.35. The quantitative estimate of drug-likeness (QED) is 0.717. The van der Waals surface area contributed by atoms with Gasteiger partial charge in [0, 0.05) is 23.8 Å². The highest BCUT2D eigenvalue weighted by atomic mass is 35.7. The lowest BCUT2D eigenvalue weighted by atomic mass is 10.2. The van der Waals surface area contributed by atoms with Gasteiger partial charge in [-0.1, -0.05) is 12.8 Å². The molecule has 0 saturated carbocycles. The van der Waals surface area contributed by atoms with Crippen molar-refractivity contribution < 1.29 is 16.8 Å². The van der Waals surface area contributed by atoms with Gasteiger partial charge in [-0.3, -0.25) is 0 Å². The normalized spacial score (nSPS) is 20.6. The van der Waals surface area contributed by atoms with E-state index in [0.29, 0.717) is 13.1 Å². The summed E-state index contributed by atoms with van der Waals surface area (Å²) in [6.45, 7) is 0.981. The summed E-state index contributed by atoms with van der Waals surface area (Å²) in [6.07, 6.45) is 3.74. The Balaban J connectivity index is 2.61. The largest absolute Gasteiger partial charge is 0.233 e. The molecule has 0 amide bonds. The molecule has 16 heavy (non-hydrogen) atoms. The molecule has 1 aliphatic heterocycles. The predicted molar refractivity (Wildman–Crippen MR) is 63.5 cm³/mol. The van der Waals surface area contributed by atoms with Crippen LogP contribution in [0.2, 0.25) is 0 Å².